The number of carbonyl (C=O) groups excluding carboxylic acids is 1. The maximum atomic E-state index is 12.4. The minimum absolute atomic E-state index is 0.239. The number of carbonyl (C=O) groups is 1. The highest BCUT2D eigenvalue weighted by atomic mass is 35.5. The van der Waals surface area contributed by atoms with Crippen molar-refractivity contribution in [2.45, 2.75) is 6.92 Å². The molecule has 0 aliphatic rings. The average Bonchev–Trinajstić information content (AvgIpc) is 2.80. The maximum Gasteiger partial charge on any atom is 0.267 e. The highest BCUT2D eigenvalue weighted by Gasteiger charge is 2.18. The van der Waals surface area contributed by atoms with E-state index >= 15 is 0 Å². The van der Waals surface area contributed by atoms with Crippen LogP contribution in [0.3, 0.4) is 0 Å². The summed E-state index contributed by atoms with van der Waals surface area (Å²) in [5, 5.41) is 4.28. The Morgan fingerprint density at radius 3 is 2.67 bits per heavy atom. The molecule has 2 heterocycles. The number of benzene rings is 1. The molecule has 0 aliphatic carbocycles. The quantitative estimate of drug-likeness (QED) is 0.748. The minimum Gasteiger partial charge on any atom is -0.397 e. The van der Waals surface area contributed by atoms with Gasteiger partial charge in [0.25, 0.3) is 5.91 Å². The molecule has 21 heavy (non-hydrogen) atoms. The first-order chi connectivity index (χ1) is 10.1. The fraction of sp³-hybridized carbons (Fsp3) is 0.0667. The third-order valence-electron chi connectivity index (χ3n) is 3.15. The number of thiophene rings is 1. The molecular formula is C15H12ClN3OS. The molecule has 6 heteroatoms. The van der Waals surface area contributed by atoms with E-state index in [9.17, 15) is 4.79 Å². The van der Waals surface area contributed by atoms with Crippen molar-refractivity contribution >= 4 is 50.4 Å². The van der Waals surface area contributed by atoms with Crippen molar-refractivity contribution in [3.8, 4) is 0 Å². The van der Waals surface area contributed by atoms with Gasteiger partial charge in [0.15, 0.2) is 0 Å². The summed E-state index contributed by atoms with van der Waals surface area (Å²) >= 11 is 7.12. The number of hydrogen-bond acceptors (Lipinski definition) is 4. The zero-order valence-electron chi connectivity index (χ0n) is 11.2. The highest BCUT2D eigenvalue weighted by molar-refractivity contribution is 7.21. The molecule has 106 valence electrons. The number of anilines is 2. The number of nitrogens with zero attached hydrogens (tertiary/aromatic N) is 1. The first kappa shape index (κ1) is 13.9. The van der Waals surface area contributed by atoms with Crippen LogP contribution < -0.4 is 11.1 Å². The number of rotatable bonds is 2. The minimum atomic E-state index is -0.239. The Bertz CT molecular complexity index is 827. The van der Waals surface area contributed by atoms with Gasteiger partial charge in [-0.2, -0.15) is 0 Å². The van der Waals surface area contributed by atoms with Crippen LogP contribution in [0.5, 0.6) is 0 Å². The van der Waals surface area contributed by atoms with Gasteiger partial charge in [0.2, 0.25) is 0 Å². The fourth-order valence-electron chi connectivity index (χ4n) is 2.09. The molecule has 0 atom stereocenters. The predicted octanol–water partition coefficient (Wildman–Crippen LogP) is 4.09. The lowest BCUT2D eigenvalue weighted by Crippen LogP contribution is -2.11. The van der Waals surface area contributed by atoms with Gasteiger partial charge < -0.3 is 11.1 Å². The number of pyridine rings is 1. The Hall–Kier alpha value is -2.11. The molecule has 0 unspecified atom stereocenters. The number of nitrogens with one attached hydrogen (secondary N) is 1. The van der Waals surface area contributed by atoms with Gasteiger partial charge >= 0.3 is 0 Å². The Labute approximate surface area is 130 Å². The van der Waals surface area contributed by atoms with Gasteiger partial charge in [-0.1, -0.05) is 11.6 Å². The number of halogens is 1. The van der Waals surface area contributed by atoms with Crippen molar-refractivity contribution in [3.63, 3.8) is 0 Å². The Balaban J connectivity index is 1.96. The lowest BCUT2D eigenvalue weighted by molar-refractivity contribution is 0.103. The van der Waals surface area contributed by atoms with Gasteiger partial charge in [0.05, 0.1) is 5.69 Å². The largest absolute Gasteiger partial charge is 0.397 e. The Kier molecular flexibility index (Phi) is 3.53. The van der Waals surface area contributed by atoms with E-state index in [1.807, 2.05) is 13.0 Å². The average molecular weight is 318 g/mol. The van der Waals surface area contributed by atoms with Gasteiger partial charge in [-0.05, 0) is 42.8 Å². The van der Waals surface area contributed by atoms with Crippen LogP contribution in [0, 0.1) is 6.92 Å². The van der Waals surface area contributed by atoms with Gasteiger partial charge in [-0.15, -0.1) is 11.3 Å². The van der Waals surface area contributed by atoms with Crippen molar-refractivity contribution in [2.24, 2.45) is 0 Å². The second kappa shape index (κ2) is 5.35. The number of aromatic nitrogens is 1. The molecule has 0 bridgehead atoms. The van der Waals surface area contributed by atoms with E-state index in [1.54, 1.807) is 30.5 Å². The van der Waals surface area contributed by atoms with E-state index in [-0.39, 0.29) is 5.91 Å². The van der Waals surface area contributed by atoms with Crippen molar-refractivity contribution in [1.82, 2.24) is 4.98 Å². The molecule has 2 aromatic heterocycles. The topological polar surface area (TPSA) is 68.0 Å². The SMILES string of the molecule is Cc1ccnc2sc(C(=O)Nc3ccc(Cl)cc3)c(N)c12. The van der Waals surface area contributed by atoms with Crippen LogP contribution in [0.1, 0.15) is 15.2 Å². The third-order valence-corrected chi connectivity index (χ3v) is 4.51. The molecular weight excluding hydrogens is 306 g/mol. The molecule has 0 fully saturated rings. The Morgan fingerprint density at radius 1 is 1.29 bits per heavy atom. The van der Waals surface area contributed by atoms with Crippen molar-refractivity contribution < 1.29 is 4.79 Å². The second-order valence-corrected chi connectivity index (χ2v) is 6.05. The molecule has 0 aliphatic heterocycles. The van der Waals surface area contributed by atoms with E-state index in [0.717, 1.165) is 15.8 Å². The van der Waals surface area contributed by atoms with Crippen LogP contribution in [0.25, 0.3) is 10.2 Å². The van der Waals surface area contributed by atoms with Crippen LogP contribution in [0.4, 0.5) is 11.4 Å². The molecule has 1 amide bonds. The number of aryl methyl sites for hydroxylation is 1. The van der Waals surface area contributed by atoms with Crippen LogP contribution in [-0.2, 0) is 0 Å². The molecule has 3 rings (SSSR count). The summed E-state index contributed by atoms with van der Waals surface area (Å²) in [6.07, 6.45) is 1.72. The van der Waals surface area contributed by atoms with Crippen molar-refractivity contribution in [2.75, 3.05) is 11.1 Å². The van der Waals surface area contributed by atoms with Gasteiger partial charge in [0.1, 0.15) is 9.71 Å². The molecule has 0 saturated carbocycles. The molecule has 0 radical (unpaired) electrons. The summed E-state index contributed by atoms with van der Waals surface area (Å²) in [7, 11) is 0. The van der Waals surface area contributed by atoms with Crippen LogP contribution in [0.15, 0.2) is 36.5 Å². The number of nitrogen functional groups attached to an aromatic ring is 1. The number of hydrogen-bond donors (Lipinski definition) is 2. The highest BCUT2D eigenvalue weighted by Crippen LogP contribution is 2.34. The first-order valence-corrected chi connectivity index (χ1v) is 7.46. The normalized spacial score (nSPS) is 10.8. The summed E-state index contributed by atoms with van der Waals surface area (Å²) in [5.41, 5.74) is 8.27. The summed E-state index contributed by atoms with van der Waals surface area (Å²) in [5.74, 6) is -0.239. The molecule has 0 spiro atoms. The first-order valence-electron chi connectivity index (χ1n) is 6.27. The Morgan fingerprint density at radius 2 is 2.00 bits per heavy atom. The van der Waals surface area contributed by atoms with E-state index in [0.29, 0.717) is 21.3 Å². The third kappa shape index (κ3) is 2.57. The summed E-state index contributed by atoms with van der Waals surface area (Å²) < 4.78 is 0. The monoisotopic (exact) mass is 317 g/mol. The molecule has 4 nitrogen and oxygen atoms in total. The van der Waals surface area contributed by atoms with Crippen molar-refractivity contribution in [3.05, 3.63) is 52.0 Å². The zero-order valence-corrected chi connectivity index (χ0v) is 12.8. The standard InChI is InChI=1S/C15H12ClN3OS/c1-8-6-7-18-15-11(8)12(17)13(21-15)14(20)19-10-4-2-9(16)3-5-10/h2-7H,17H2,1H3,(H,19,20). The summed E-state index contributed by atoms with van der Waals surface area (Å²) in [6.45, 7) is 1.95. The molecule has 3 aromatic rings. The van der Waals surface area contributed by atoms with Crippen LogP contribution in [-0.4, -0.2) is 10.9 Å². The van der Waals surface area contributed by atoms with Gasteiger partial charge in [-0.3, -0.25) is 4.79 Å². The summed E-state index contributed by atoms with van der Waals surface area (Å²) in [4.78, 5) is 17.9. The number of nitrogens with two attached hydrogens (primary N) is 1. The lowest BCUT2D eigenvalue weighted by atomic mass is 10.1. The number of amides is 1. The van der Waals surface area contributed by atoms with Gasteiger partial charge in [-0.25, -0.2) is 4.98 Å². The fourth-order valence-corrected chi connectivity index (χ4v) is 3.25. The number of fused-ring (bicyclic) bond motifs is 1. The summed E-state index contributed by atoms with van der Waals surface area (Å²) in [6, 6.07) is 8.81. The molecule has 0 saturated heterocycles. The van der Waals surface area contributed by atoms with E-state index < -0.39 is 0 Å². The predicted molar refractivity (Wildman–Crippen MR) is 88.2 cm³/mol. The molecule has 3 N–H and O–H groups in total. The van der Waals surface area contributed by atoms with E-state index in [1.165, 1.54) is 11.3 Å². The smallest absolute Gasteiger partial charge is 0.267 e. The van der Waals surface area contributed by atoms with Crippen molar-refractivity contribution in [1.29, 1.82) is 0 Å². The maximum absolute atomic E-state index is 12.4. The second-order valence-electron chi connectivity index (χ2n) is 4.61. The van der Waals surface area contributed by atoms with Gasteiger partial charge in [0, 0.05) is 22.3 Å². The van der Waals surface area contributed by atoms with E-state index in [4.69, 9.17) is 17.3 Å². The van der Waals surface area contributed by atoms with E-state index in [2.05, 4.69) is 10.3 Å². The molecule has 1 aromatic carbocycles. The lowest BCUT2D eigenvalue weighted by Gasteiger charge is -2.04. The zero-order chi connectivity index (χ0) is 15.0. The van der Waals surface area contributed by atoms with Crippen LogP contribution >= 0.6 is 22.9 Å². The van der Waals surface area contributed by atoms with Crippen LogP contribution in [0.2, 0.25) is 5.02 Å².